The standard InChI is InChI=1S/C19H24N4O/c1-14(19(24)23-12-9-15-5-2-3-7-18(15)23)22-11-4-6-16(13-22)17-8-10-20-21-17/h2-3,5,7-8,10,14,16H,4,6,9,11-13H2,1H3,(H,20,21)/t14-,16+/m1/s1. The molecule has 1 amide bonds. The number of likely N-dealkylation sites (tertiary alicyclic amines) is 1. The van der Waals surface area contributed by atoms with Crippen molar-refractivity contribution in [1.29, 1.82) is 0 Å². The van der Waals surface area contributed by atoms with Gasteiger partial charge in [-0.25, -0.2) is 0 Å². The molecule has 0 unspecified atom stereocenters. The van der Waals surface area contributed by atoms with Crippen LogP contribution in [0.15, 0.2) is 36.5 Å². The summed E-state index contributed by atoms with van der Waals surface area (Å²) in [6.07, 6.45) is 5.06. The summed E-state index contributed by atoms with van der Waals surface area (Å²) in [7, 11) is 0. The van der Waals surface area contributed by atoms with Gasteiger partial charge in [0.2, 0.25) is 5.91 Å². The molecular formula is C19H24N4O. The fourth-order valence-electron chi connectivity index (χ4n) is 4.05. The summed E-state index contributed by atoms with van der Waals surface area (Å²) < 4.78 is 0. The highest BCUT2D eigenvalue weighted by Crippen LogP contribution is 2.30. The summed E-state index contributed by atoms with van der Waals surface area (Å²) >= 11 is 0. The molecule has 0 bridgehead atoms. The van der Waals surface area contributed by atoms with Gasteiger partial charge in [-0.3, -0.25) is 14.8 Å². The van der Waals surface area contributed by atoms with Crippen LogP contribution in [0, 0.1) is 0 Å². The number of benzene rings is 1. The maximum atomic E-state index is 13.1. The Labute approximate surface area is 142 Å². The Kier molecular flexibility index (Phi) is 4.10. The van der Waals surface area contributed by atoms with Crippen LogP contribution in [0.2, 0.25) is 0 Å². The van der Waals surface area contributed by atoms with E-state index < -0.39 is 0 Å². The second-order valence-electron chi connectivity index (χ2n) is 6.89. The fraction of sp³-hybridized carbons (Fsp3) is 0.474. The smallest absolute Gasteiger partial charge is 0.244 e. The van der Waals surface area contributed by atoms with Crippen LogP contribution in [0.1, 0.15) is 36.9 Å². The fourth-order valence-corrected chi connectivity index (χ4v) is 4.05. The van der Waals surface area contributed by atoms with Crippen molar-refractivity contribution in [3.63, 3.8) is 0 Å². The number of rotatable bonds is 3. The third-order valence-corrected chi connectivity index (χ3v) is 5.47. The monoisotopic (exact) mass is 324 g/mol. The van der Waals surface area contributed by atoms with Crippen molar-refractivity contribution in [3.05, 3.63) is 47.8 Å². The van der Waals surface area contributed by atoms with Crippen molar-refractivity contribution in [2.75, 3.05) is 24.5 Å². The molecule has 1 saturated heterocycles. The zero-order chi connectivity index (χ0) is 16.5. The molecule has 2 aromatic rings. The maximum Gasteiger partial charge on any atom is 0.244 e. The van der Waals surface area contributed by atoms with Crippen molar-refractivity contribution < 1.29 is 4.79 Å². The quantitative estimate of drug-likeness (QED) is 0.944. The number of fused-ring (bicyclic) bond motifs is 1. The van der Waals surface area contributed by atoms with Crippen LogP contribution in [-0.2, 0) is 11.2 Å². The van der Waals surface area contributed by atoms with Gasteiger partial charge in [-0.05, 0) is 50.4 Å². The van der Waals surface area contributed by atoms with Crippen molar-refractivity contribution >= 4 is 11.6 Å². The number of anilines is 1. The average Bonchev–Trinajstić information content (AvgIpc) is 3.30. The van der Waals surface area contributed by atoms with E-state index in [0.717, 1.165) is 44.6 Å². The van der Waals surface area contributed by atoms with Crippen LogP contribution >= 0.6 is 0 Å². The van der Waals surface area contributed by atoms with E-state index in [0.29, 0.717) is 5.92 Å². The lowest BCUT2D eigenvalue weighted by atomic mass is 9.94. The molecular weight excluding hydrogens is 300 g/mol. The highest BCUT2D eigenvalue weighted by atomic mass is 16.2. The lowest BCUT2D eigenvalue weighted by Crippen LogP contribution is -2.49. The van der Waals surface area contributed by atoms with Crippen molar-refractivity contribution in [2.45, 2.75) is 38.1 Å². The molecule has 1 aromatic carbocycles. The second kappa shape index (κ2) is 6.40. The number of aromatic amines is 1. The molecule has 0 spiro atoms. The first kappa shape index (κ1) is 15.4. The topological polar surface area (TPSA) is 52.2 Å². The molecule has 0 aliphatic carbocycles. The number of H-pyrrole nitrogens is 1. The van der Waals surface area contributed by atoms with Crippen molar-refractivity contribution in [2.24, 2.45) is 0 Å². The number of nitrogens with zero attached hydrogens (tertiary/aromatic N) is 3. The van der Waals surface area contributed by atoms with Gasteiger partial charge >= 0.3 is 0 Å². The Balaban J connectivity index is 1.47. The first-order chi connectivity index (χ1) is 11.7. The van der Waals surface area contributed by atoms with Crippen LogP contribution in [-0.4, -0.2) is 46.7 Å². The predicted octanol–water partition coefficient (Wildman–Crippen LogP) is 2.57. The minimum Gasteiger partial charge on any atom is -0.310 e. The molecule has 5 heteroatoms. The van der Waals surface area contributed by atoms with Crippen molar-refractivity contribution in [1.82, 2.24) is 15.1 Å². The lowest BCUT2D eigenvalue weighted by Gasteiger charge is -2.37. The number of carbonyl (C=O) groups is 1. The number of hydrogen-bond donors (Lipinski definition) is 1. The SMILES string of the molecule is C[C@H](C(=O)N1CCc2ccccc21)N1CCC[C@H](c2ccn[nH]2)C1. The van der Waals surface area contributed by atoms with Gasteiger partial charge in [0, 0.05) is 36.6 Å². The van der Waals surface area contributed by atoms with Crippen LogP contribution in [0.25, 0.3) is 0 Å². The molecule has 0 radical (unpaired) electrons. The molecule has 1 fully saturated rings. The zero-order valence-corrected chi connectivity index (χ0v) is 14.1. The van der Waals surface area contributed by atoms with Gasteiger partial charge in [-0.1, -0.05) is 18.2 Å². The molecule has 126 valence electrons. The molecule has 3 heterocycles. The number of nitrogens with one attached hydrogen (secondary N) is 1. The summed E-state index contributed by atoms with van der Waals surface area (Å²) in [6, 6.07) is 10.2. The van der Waals surface area contributed by atoms with E-state index in [1.54, 1.807) is 0 Å². The van der Waals surface area contributed by atoms with Gasteiger partial charge in [0.05, 0.1) is 6.04 Å². The summed E-state index contributed by atoms with van der Waals surface area (Å²) in [4.78, 5) is 17.4. The van der Waals surface area contributed by atoms with E-state index in [4.69, 9.17) is 0 Å². The Morgan fingerprint density at radius 3 is 3.00 bits per heavy atom. The van der Waals surface area contributed by atoms with Crippen LogP contribution in [0.4, 0.5) is 5.69 Å². The van der Waals surface area contributed by atoms with Gasteiger partial charge in [-0.15, -0.1) is 0 Å². The number of hydrogen-bond acceptors (Lipinski definition) is 3. The lowest BCUT2D eigenvalue weighted by molar-refractivity contribution is -0.123. The highest BCUT2D eigenvalue weighted by molar-refractivity contribution is 5.98. The van der Waals surface area contributed by atoms with Gasteiger partial charge in [0.1, 0.15) is 0 Å². The van der Waals surface area contributed by atoms with E-state index in [2.05, 4.69) is 46.3 Å². The Bertz CT molecular complexity index is 712. The van der Waals surface area contributed by atoms with Crippen LogP contribution < -0.4 is 4.90 Å². The molecule has 2 aliphatic rings. The number of carbonyl (C=O) groups excluding carboxylic acids is 1. The Morgan fingerprint density at radius 2 is 2.17 bits per heavy atom. The van der Waals surface area contributed by atoms with Crippen LogP contribution in [0.3, 0.4) is 0 Å². The van der Waals surface area contributed by atoms with E-state index >= 15 is 0 Å². The number of piperidine rings is 1. The third kappa shape index (κ3) is 2.73. The third-order valence-electron chi connectivity index (χ3n) is 5.47. The molecule has 2 atom stereocenters. The van der Waals surface area contributed by atoms with Crippen molar-refractivity contribution in [3.8, 4) is 0 Å². The minimum absolute atomic E-state index is 0.0816. The van der Waals surface area contributed by atoms with Crippen LogP contribution in [0.5, 0.6) is 0 Å². The average molecular weight is 324 g/mol. The number of amides is 1. The van der Waals surface area contributed by atoms with E-state index in [-0.39, 0.29) is 11.9 Å². The molecule has 24 heavy (non-hydrogen) atoms. The largest absolute Gasteiger partial charge is 0.310 e. The maximum absolute atomic E-state index is 13.1. The number of para-hydroxylation sites is 1. The Hall–Kier alpha value is -2.14. The Morgan fingerprint density at radius 1 is 1.29 bits per heavy atom. The van der Waals surface area contributed by atoms with Gasteiger partial charge < -0.3 is 4.90 Å². The summed E-state index contributed by atoms with van der Waals surface area (Å²) in [6.45, 7) is 4.77. The molecule has 1 N–H and O–H groups in total. The van der Waals surface area contributed by atoms with E-state index in [1.165, 1.54) is 11.3 Å². The molecule has 4 rings (SSSR count). The minimum atomic E-state index is -0.0816. The van der Waals surface area contributed by atoms with E-state index in [9.17, 15) is 4.79 Å². The van der Waals surface area contributed by atoms with Gasteiger partial charge in [-0.2, -0.15) is 5.10 Å². The first-order valence-corrected chi connectivity index (χ1v) is 8.86. The normalized spacial score (nSPS) is 22.4. The molecule has 5 nitrogen and oxygen atoms in total. The zero-order valence-electron chi connectivity index (χ0n) is 14.1. The second-order valence-corrected chi connectivity index (χ2v) is 6.89. The summed E-state index contributed by atoms with van der Waals surface area (Å²) in [5.41, 5.74) is 3.56. The summed E-state index contributed by atoms with van der Waals surface area (Å²) in [5, 5.41) is 7.16. The molecule has 2 aliphatic heterocycles. The van der Waals surface area contributed by atoms with E-state index in [1.807, 2.05) is 17.2 Å². The molecule has 1 aromatic heterocycles. The van der Waals surface area contributed by atoms with Gasteiger partial charge in [0.25, 0.3) is 0 Å². The highest BCUT2D eigenvalue weighted by Gasteiger charge is 2.33. The molecule has 0 saturated carbocycles. The predicted molar refractivity (Wildman–Crippen MR) is 94.1 cm³/mol. The summed E-state index contributed by atoms with van der Waals surface area (Å²) in [5.74, 6) is 0.674. The number of aromatic nitrogens is 2. The first-order valence-electron chi connectivity index (χ1n) is 8.86. The van der Waals surface area contributed by atoms with Gasteiger partial charge in [0.15, 0.2) is 0 Å².